The monoisotopic (exact) mass is 577 g/mol. The van der Waals surface area contributed by atoms with Crippen LogP contribution in [0.2, 0.25) is 0 Å². The lowest BCUT2D eigenvalue weighted by Gasteiger charge is -2.25. The lowest BCUT2D eigenvalue weighted by atomic mass is 10.1. The Morgan fingerprint density at radius 3 is 2.58 bits per heavy atom. The van der Waals surface area contributed by atoms with Gasteiger partial charge in [0.1, 0.15) is 22.8 Å². The van der Waals surface area contributed by atoms with Crippen molar-refractivity contribution in [3.8, 4) is 28.8 Å². The molecular weight excluding hydrogens is 552 g/mol. The number of nitrogens with two attached hydrogens (primary N) is 1. The number of H-pyrrole nitrogens is 1. The minimum atomic E-state index is -0.995. The highest BCUT2D eigenvalue weighted by atomic mass is 19.2. The number of methoxy groups -OCH3 is 1. The number of rotatable bonds is 7. The van der Waals surface area contributed by atoms with Gasteiger partial charge in [-0.2, -0.15) is 5.10 Å². The van der Waals surface area contributed by atoms with Crippen molar-refractivity contribution in [2.24, 2.45) is 5.92 Å². The highest BCUT2D eigenvalue weighted by Crippen LogP contribution is 2.31. The van der Waals surface area contributed by atoms with Crippen molar-refractivity contribution in [3.05, 3.63) is 89.8 Å². The van der Waals surface area contributed by atoms with Crippen molar-refractivity contribution < 1.29 is 13.5 Å². The molecule has 2 aromatic carbocycles. The van der Waals surface area contributed by atoms with Crippen molar-refractivity contribution >= 4 is 28.3 Å². The Labute approximate surface area is 244 Å². The summed E-state index contributed by atoms with van der Waals surface area (Å²) in [5.74, 6) is 6.29. The summed E-state index contributed by atoms with van der Waals surface area (Å²) < 4.78 is 35.6. The third kappa shape index (κ3) is 5.28. The minimum Gasteiger partial charge on any atom is -0.497 e. The van der Waals surface area contributed by atoms with E-state index in [-0.39, 0.29) is 18.0 Å². The summed E-state index contributed by atoms with van der Waals surface area (Å²) in [5.41, 5.74) is 10.2. The van der Waals surface area contributed by atoms with Gasteiger partial charge in [-0.1, -0.05) is 18.1 Å². The maximum Gasteiger partial charge on any atom is 0.219 e. The maximum absolute atomic E-state index is 14.6. The molecule has 0 atom stereocenters. The van der Waals surface area contributed by atoms with Gasteiger partial charge in [-0.25, -0.2) is 33.2 Å². The molecule has 1 aliphatic carbocycles. The smallest absolute Gasteiger partial charge is 0.219 e. The molecule has 1 aliphatic rings. The van der Waals surface area contributed by atoms with E-state index in [4.69, 9.17) is 20.6 Å². The van der Waals surface area contributed by atoms with Crippen molar-refractivity contribution in [3.63, 3.8) is 0 Å². The Bertz CT molecular complexity index is 2020. The quantitative estimate of drug-likeness (QED) is 0.257. The summed E-state index contributed by atoms with van der Waals surface area (Å²) in [5, 5.41) is 4.84. The number of imidazole rings is 2. The van der Waals surface area contributed by atoms with Gasteiger partial charge in [0.05, 0.1) is 36.7 Å². The van der Waals surface area contributed by atoms with Crippen molar-refractivity contribution in [1.29, 1.82) is 0 Å². The molecule has 0 aliphatic heterocycles. The third-order valence-electron chi connectivity index (χ3n) is 7.21. The van der Waals surface area contributed by atoms with E-state index in [0.717, 1.165) is 30.2 Å². The molecule has 12 heteroatoms. The number of aromatic amines is 1. The second kappa shape index (κ2) is 10.7. The molecule has 4 aromatic heterocycles. The van der Waals surface area contributed by atoms with E-state index < -0.39 is 11.6 Å². The maximum atomic E-state index is 14.6. The summed E-state index contributed by atoms with van der Waals surface area (Å²) in [6.07, 6.45) is 7.10. The van der Waals surface area contributed by atoms with E-state index in [1.807, 2.05) is 35.2 Å². The number of nitrogens with zero attached hydrogens (tertiary/aromatic N) is 7. The number of ether oxygens (including phenoxy) is 1. The zero-order valence-corrected chi connectivity index (χ0v) is 23.1. The molecule has 0 radical (unpaired) electrons. The average molecular weight is 578 g/mol. The van der Waals surface area contributed by atoms with Crippen molar-refractivity contribution in [1.82, 2.24) is 34.5 Å². The summed E-state index contributed by atoms with van der Waals surface area (Å²) >= 11 is 0. The van der Waals surface area contributed by atoms with Gasteiger partial charge >= 0.3 is 0 Å². The number of hydrogen-bond acceptors (Lipinski definition) is 8. The van der Waals surface area contributed by atoms with Crippen LogP contribution in [0.25, 0.3) is 27.9 Å². The molecule has 10 nitrogen and oxygen atoms in total. The second-order valence-corrected chi connectivity index (χ2v) is 10.3. The standard InChI is InChI=1S/C31H25F2N9O/c1-43-22-8-5-19(6-9-22)16-41(17-27-38-24-11-10-23(32)28(33)29(24)39-27)26-12-25(20-13-36-31(34)37-14-20)40-42-21(15-35-30(26)42)7-4-18-2-3-18/h5-6,8-15,18H,2-3,16-17H2,1H3,(H,38,39)(H2,34,36,37). The fraction of sp³-hybridized carbons (Fsp3) is 0.194. The lowest BCUT2D eigenvalue weighted by molar-refractivity contribution is 0.414. The Balaban J connectivity index is 1.38. The fourth-order valence-corrected chi connectivity index (χ4v) is 4.79. The molecule has 1 saturated carbocycles. The predicted octanol–water partition coefficient (Wildman–Crippen LogP) is 4.90. The number of aromatic nitrogens is 7. The summed E-state index contributed by atoms with van der Waals surface area (Å²) in [4.78, 5) is 22.6. The molecule has 1 fully saturated rings. The van der Waals surface area contributed by atoms with Crippen molar-refractivity contribution in [2.45, 2.75) is 25.9 Å². The molecule has 43 heavy (non-hydrogen) atoms. The Kier molecular flexibility index (Phi) is 6.54. The first-order chi connectivity index (χ1) is 20.9. The Morgan fingerprint density at radius 1 is 1.05 bits per heavy atom. The van der Waals surface area contributed by atoms with Gasteiger partial charge in [0.15, 0.2) is 17.3 Å². The lowest BCUT2D eigenvalue weighted by Crippen LogP contribution is -2.24. The fourth-order valence-electron chi connectivity index (χ4n) is 4.79. The van der Waals surface area contributed by atoms with Crippen LogP contribution in [0.5, 0.6) is 5.75 Å². The number of benzene rings is 2. The summed E-state index contributed by atoms with van der Waals surface area (Å²) in [6, 6.07) is 12.1. The van der Waals surface area contributed by atoms with Gasteiger partial charge in [0.25, 0.3) is 0 Å². The van der Waals surface area contributed by atoms with Gasteiger partial charge in [-0.15, -0.1) is 0 Å². The van der Waals surface area contributed by atoms with Crippen LogP contribution >= 0.6 is 0 Å². The average Bonchev–Trinajstić information content (AvgIpc) is 3.62. The normalized spacial score (nSPS) is 12.8. The highest BCUT2D eigenvalue weighted by molar-refractivity contribution is 5.77. The van der Waals surface area contributed by atoms with E-state index in [1.54, 1.807) is 30.2 Å². The molecule has 7 rings (SSSR count). The first-order valence-corrected chi connectivity index (χ1v) is 13.6. The van der Waals surface area contributed by atoms with E-state index in [1.165, 1.54) is 6.07 Å². The van der Waals surface area contributed by atoms with Crippen LogP contribution in [-0.2, 0) is 13.1 Å². The van der Waals surface area contributed by atoms with E-state index in [0.29, 0.717) is 52.1 Å². The van der Waals surface area contributed by atoms with Gasteiger partial charge in [0.2, 0.25) is 5.95 Å². The number of hydrogen-bond donors (Lipinski definition) is 2. The van der Waals surface area contributed by atoms with Crippen LogP contribution in [0, 0.1) is 29.4 Å². The van der Waals surface area contributed by atoms with Gasteiger partial charge < -0.3 is 20.4 Å². The molecule has 3 N–H and O–H groups in total. The first-order valence-electron chi connectivity index (χ1n) is 13.6. The van der Waals surface area contributed by atoms with E-state index >= 15 is 0 Å². The number of anilines is 2. The molecular formula is C31H25F2N9O. The minimum absolute atomic E-state index is 0.0579. The molecule has 214 valence electrons. The zero-order chi connectivity index (χ0) is 29.5. The topological polar surface area (TPSA) is 123 Å². The van der Waals surface area contributed by atoms with Gasteiger partial charge in [0, 0.05) is 30.4 Å². The molecule has 0 saturated heterocycles. The molecule has 6 aromatic rings. The van der Waals surface area contributed by atoms with Gasteiger partial charge in [-0.3, -0.25) is 0 Å². The SMILES string of the molecule is COc1ccc(CN(Cc2nc3c(F)c(F)ccc3[nH]2)c2cc(-c3cnc(N)nc3)nn3c(C#CC4CC4)cnc23)cc1. The predicted molar refractivity (Wildman–Crippen MR) is 157 cm³/mol. The second-order valence-electron chi connectivity index (χ2n) is 10.3. The molecule has 0 spiro atoms. The summed E-state index contributed by atoms with van der Waals surface area (Å²) in [7, 11) is 1.61. The number of nitrogens with one attached hydrogen (secondary N) is 1. The third-order valence-corrected chi connectivity index (χ3v) is 7.21. The largest absolute Gasteiger partial charge is 0.497 e. The highest BCUT2D eigenvalue weighted by Gasteiger charge is 2.22. The van der Waals surface area contributed by atoms with E-state index in [9.17, 15) is 8.78 Å². The van der Waals surface area contributed by atoms with Crippen LogP contribution in [0.4, 0.5) is 20.4 Å². The first kappa shape index (κ1) is 26.3. The van der Waals surface area contributed by atoms with Crippen LogP contribution in [0.15, 0.2) is 61.1 Å². The molecule has 4 heterocycles. The Hall–Kier alpha value is -5.57. The van der Waals surface area contributed by atoms with Gasteiger partial charge in [-0.05, 0) is 54.7 Å². The van der Waals surface area contributed by atoms with Crippen LogP contribution in [0.1, 0.15) is 29.9 Å². The molecule has 0 bridgehead atoms. The summed E-state index contributed by atoms with van der Waals surface area (Å²) in [6.45, 7) is 0.639. The molecule has 0 amide bonds. The number of halogens is 2. The van der Waals surface area contributed by atoms with Crippen LogP contribution in [0.3, 0.4) is 0 Å². The Morgan fingerprint density at radius 2 is 1.84 bits per heavy atom. The number of nitrogen functional groups attached to an aromatic ring is 1. The van der Waals surface area contributed by atoms with Crippen LogP contribution in [-0.4, -0.2) is 41.6 Å². The van der Waals surface area contributed by atoms with E-state index in [2.05, 4.69) is 31.8 Å². The van der Waals surface area contributed by atoms with Crippen molar-refractivity contribution in [2.75, 3.05) is 17.7 Å². The zero-order valence-electron chi connectivity index (χ0n) is 23.1. The van der Waals surface area contributed by atoms with Crippen LogP contribution < -0.4 is 15.4 Å². The number of fused-ring (bicyclic) bond motifs is 2. The molecule has 0 unspecified atom stereocenters.